The predicted octanol–water partition coefficient (Wildman–Crippen LogP) is 1.45. The van der Waals surface area contributed by atoms with Gasteiger partial charge in [0.1, 0.15) is 5.15 Å². The number of aryl methyl sites for hydroxylation is 1. The zero-order chi connectivity index (χ0) is 9.35. The van der Waals surface area contributed by atoms with Gasteiger partial charge in [-0.2, -0.15) is 0 Å². The largest absolute Gasteiger partial charge is 0.243 e. The third-order valence-electron chi connectivity index (χ3n) is 1.42. The maximum atomic E-state index is 11.0. The van der Waals surface area contributed by atoms with Crippen molar-refractivity contribution in [2.24, 2.45) is 0 Å². The third kappa shape index (κ3) is 1.95. The minimum absolute atomic E-state index is 0.199. The molecule has 0 N–H and O–H groups in total. The van der Waals surface area contributed by atoms with Crippen molar-refractivity contribution >= 4 is 21.4 Å². The first-order valence-electron chi connectivity index (χ1n) is 3.23. The maximum absolute atomic E-state index is 11.0. The van der Waals surface area contributed by atoms with Gasteiger partial charge in [0.05, 0.1) is 4.90 Å². The number of hydrogen-bond donors (Lipinski definition) is 0. The Labute approximate surface area is 76.3 Å². The van der Waals surface area contributed by atoms with E-state index in [1.807, 2.05) is 0 Å². The smallest absolute Gasteiger partial charge is 0.177 e. The summed E-state index contributed by atoms with van der Waals surface area (Å²) in [6, 6.07) is 1.50. The van der Waals surface area contributed by atoms with E-state index < -0.39 is 9.84 Å². The van der Waals surface area contributed by atoms with Gasteiger partial charge in [-0.25, -0.2) is 13.4 Å². The van der Waals surface area contributed by atoms with E-state index in [0.717, 1.165) is 6.26 Å². The number of sulfone groups is 1. The van der Waals surface area contributed by atoms with Crippen LogP contribution in [-0.2, 0) is 9.84 Å². The van der Waals surface area contributed by atoms with Crippen LogP contribution < -0.4 is 0 Å². The Bertz CT molecular complexity index is 400. The summed E-state index contributed by atoms with van der Waals surface area (Å²) in [5.74, 6) is 0. The molecule has 0 saturated carbocycles. The molecule has 66 valence electrons. The number of rotatable bonds is 1. The van der Waals surface area contributed by atoms with Gasteiger partial charge in [-0.3, -0.25) is 0 Å². The molecule has 1 rings (SSSR count). The Morgan fingerprint density at radius 2 is 2.08 bits per heavy atom. The first kappa shape index (κ1) is 9.48. The highest BCUT2D eigenvalue weighted by atomic mass is 35.5. The van der Waals surface area contributed by atoms with Crippen LogP contribution in [0, 0.1) is 6.92 Å². The van der Waals surface area contributed by atoms with Crippen LogP contribution in [0.25, 0.3) is 0 Å². The summed E-state index contributed by atoms with van der Waals surface area (Å²) in [5.41, 5.74) is 0.666. The highest BCUT2D eigenvalue weighted by Gasteiger charge is 2.08. The molecule has 0 spiro atoms. The SMILES string of the molecule is Cc1cc(S(C)(=O)=O)cnc1Cl. The van der Waals surface area contributed by atoms with Crippen LogP contribution in [0.2, 0.25) is 5.15 Å². The van der Waals surface area contributed by atoms with Crippen molar-refractivity contribution in [3.63, 3.8) is 0 Å². The summed E-state index contributed by atoms with van der Waals surface area (Å²) in [5, 5.41) is 0.336. The van der Waals surface area contributed by atoms with Crippen molar-refractivity contribution in [1.29, 1.82) is 0 Å². The molecule has 0 saturated heterocycles. The van der Waals surface area contributed by atoms with Gasteiger partial charge in [-0.15, -0.1) is 0 Å². The molecule has 1 aromatic rings. The van der Waals surface area contributed by atoms with Gasteiger partial charge >= 0.3 is 0 Å². The Hall–Kier alpha value is -0.610. The molecule has 0 aliphatic carbocycles. The van der Waals surface area contributed by atoms with Crippen LogP contribution in [0.4, 0.5) is 0 Å². The summed E-state index contributed by atoms with van der Waals surface area (Å²) >= 11 is 5.62. The molecule has 12 heavy (non-hydrogen) atoms. The lowest BCUT2D eigenvalue weighted by atomic mass is 10.3. The quantitative estimate of drug-likeness (QED) is 0.652. The average Bonchev–Trinajstić information content (AvgIpc) is 1.92. The fourth-order valence-corrected chi connectivity index (χ4v) is 1.47. The zero-order valence-electron chi connectivity index (χ0n) is 6.70. The van der Waals surface area contributed by atoms with Crippen molar-refractivity contribution in [3.05, 3.63) is 23.0 Å². The van der Waals surface area contributed by atoms with E-state index >= 15 is 0 Å². The van der Waals surface area contributed by atoms with Gasteiger partial charge in [0.25, 0.3) is 0 Å². The van der Waals surface area contributed by atoms with Gasteiger partial charge in [-0.1, -0.05) is 11.6 Å². The van der Waals surface area contributed by atoms with Crippen molar-refractivity contribution in [2.75, 3.05) is 6.26 Å². The van der Waals surface area contributed by atoms with Gasteiger partial charge in [0.15, 0.2) is 9.84 Å². The first-order chi connectivity index (χ1) is 5.41. The monoisotopic (exact) mass is 205 g/mol. The fourth-order valence-electron chi connectivity index (χ4n) is 0.735. The lowest BCUT2D eigenvalue weighted by Gasteiger charge is -1.99. The predicted molar refractivity (Wildman–Crippen MR) is 47.1 cm³/mol. The molecule has 0 fully saturated rings. The number of halogens is 1. The Morgan fingerprint density at radius 3 is 2.50 bits per heavy atom. The minimum Gasteiger partial charge on any atom is -0.243 e. The molecular weight excluding hydrogens is 198 g/mol. The lowest BCUT2D eigenvalue weighted by Crippen LogP contribution is -1.98. The maximum Gasteiger partial charge on any atom is 0.177 e. The molecule has 3 nitrogen and oxygen atoms in total. The van der Waals surface area contributed by atoms with Crippen LogP contribution in [0.1, 0.15) is 5.56 Å². The summed E-state index contributed by atoms with van der Waals surface area (Å²) < 4.78 is 22.0. The number of aromatic nitrogens is 1. The Balaban J connectivity index is 3.33. The Kier molecular flexibility index (Phi) is 2.39. The number of pyridine rings is 1. The summed E-state index contributed by atoms with van der Waals surface area (Å²) in [4.78, 5) is 3.93. The zero-order valence-corrected chi connectivity index (χ0v) is 8.28. The molecule has 0 aliphatic heterocycles. The average molecular weight is 206 g/mol. The van der Waals surface area contributed by atoms with E-state index in [1.54, 1.807) is 6.92 Å². The fraction of sp³-hybridized carbons (Fsp3) is 0.286. The van der Waals surface area contributed by atoms with E-state index in [2.05, 4.69) is 4.98 Å². The van der Waals surface area contributed by atoms with E-state index in [-0.39, 0.29) is 4.90 Å². The second kappa shape index (κ2) is 3.03. The van der Waals surface area contributed by atoms with Crippen molar-refractivity contribution in [1.82, 2.24) is 4.98 Å². The first-order valence-corrected chi connectivity index (χ1v) is 5.50. The highest BCUT2D eigenvalue weighted by molar-refractivity contribution is 7.90. The molecule has 0 amide bonds. The molecule has 0 unspecified atom stereocenters. The molecule has 1 aromatic heterocycles. The summed E-state index contributed by atoms with van der Waals surface area (Å²) in [6.45, 7) is 1.71. The van der Waals surface area contributed by atoms with Crippen LogP contribution in [-0.4, -0.2) is 19.7 Å². The Morgan fingerprint density at radius 1 is 1.50 bits per heavy atom. The van der Waals surface area contributed by atoms with E-state index in [4.69, 9.17) is 11.6 Å². The van der Waals surface area contributed by atoms with Gasteiger partial charge in [-0.05, 0) is 18.6 Å². The third-order valence-corrected chi connectivity index (χ3v) is 2.89. The number of hydrogen-bond acceptors (Lipinski definition) is 3. The second-order valence-corrected chi connectivity index (χ2v) is 4.92. The molecule has 1 heterocycles. The topological polar surface area (TPSA) is 47.0 Å². The van der Waals surface area contributed by atoms with Crippen molar-refractivity contribution in [2.45, 2.75) is 11.8 Å². The highest BCUT2D eigenvalue weighted by Crippen LogP contribution is 2.15. The van der Waals surface area contributed by atoms with Crippen molar-refractivity contribution < 1.29 is 8.42 Å². The molecule has 5 heteroatoms. The lowest BCUT2D eigenvalue weighted by molar-refractivity contribution is 0.601. The van der Waals surface area contributed by atoms with Crippen LogP contribution in [0.5, 0.6) is 0 Å². The summed E-state index contributed by atoms with van der Waals surface area (Å²) in [6.07, 6.45) is 2.39. The van der Waals surface area contributed by atoms with E-state index in [1.165, 1.54) is 12.3 Å². The van der Waals surface area contributed by atoms with Gasteiger partial charge in [0, 0.05) is 12.5 Å². The van der Waals surface area contributed by atoms with Crippen LogP contribution >= 0.6 is 11.6 Å². The standard InChI is InChI=1S/C7H8ClNO2S/c1-5-3-6(12(2,10)11)4-9-7(5)8/h3-4H,1-2H3. The second-order valence-electron chi connectivity index (χ2n) is 2.55. The molecule has 0 atom stereocenters. The van der Waals surface area contributed by atoms with Crippen LogP contribution in [0.15, 0.2) is 17.2 Å². The number of nitrogens with zero attached hydrogens (tertiary/aromatic N) is 1. The van der Waals surface area contributed by atoms with E-state index in [9.17, 15) is 8.42 Å². The minimum atomic E-state index is -3.16. The molecular formula is C7H8ClNO2S. The van der Waals surface area contributed by atoms with Crippen LogP contribution in [0.3, 0.4) is 0 Å². The van der Waals surface area contributed by atoms with Gasteiger partial charge in [0.2, 0.25) is 0 Å². The molecule has 0 radical (unpaired) electrons. The van der Waals surface area contributed by atoms with E-state index in [0.29, 0.717) is 10.7 Å². The normalized spacial score (nSPS) is 11.6. The molecule has 0 aromatic carbocycles. The van der Waals surface area contributed by atoms with Crippen molar-refractivity contribution in [3.8, 4) is 0 Å². The summed E-state index contributed by atoms with van der Waals surface area (Å²) in [7, 11) is -3.16. The molecule has 0 bridgehead atoms. The molecule has 0 aliphatic rings. The van der Waals surface area contributed by atoms with Gasteiger partial charge < -0.3 is 0 Å².